The molecule has 0 unspecified atom stereocenters. The fourth-order valence-corrected chi connectivity index (χ4v) is 0.645. The second-order valence-corrected chi connectivity index (χ2v) is 4.58. The monoisotopic (exact) mass is 261 g/mol. The molecule has 0 radical (unpaired) electrons. The molecule has 0 aromatic carbocycles. The summed E-state index contributed by atoms with van der Waals surface area (Å²) in [7, 11) is -10.7. The molecular formula is C7H11F6LiNP. The van der Waals surface area contributed by atoms with Crippen molar-refractivity contribution in [2.75, 3.05) is 0 Å². The standard InChI is InChI=1S/C7H10N.F6P.Li.H/c1-2-8-6-4-3-5-7-8;1-7(2,3,4,5)6;;/h3-7H,2H2,1H3;;;/q+1;-1;+1;-1. The van der Waals surface area contributed by atoms with Crippen LogP contribution in [0.1, 0.15) is 8.35 Å². The molecule has 9 heteroatoms. The molecule has 0 aliphatic carbocycles. The molecule has 1 rings (SSSR count). The summed E-state index contributed by atoms with van der Waals surface area (Å²) in [6, 6.07) is 6.08. The Kier molecular flexibility index (Phi) is 5.61. The Morgan fingerprint density at radius 1 is 0.938 bits per heavy atom. The van der Waals surface area contributed by atoms with E-state index in [4.69, 9.17) is 0 Å². The number of aryl methyl sites for hydroxylation is 1. The Morgan fingerprint density at radius 3 is 1.44 bits per heavy atom. The minimum Gasteiger partial charge on any atom is -1.00 e. The van der Waals surface area contributed by atoms with E-state index in [0.29, 0.717) is 0 Å². The quantitative estimate of drug-likeness (QED) is 0.312. The van der Waals surface area contributed by atoms with Gasteiger partial charge in [0.2, 0.25) is 0 Å². The number of hydrogen-bond donors (Lipinski definition) is 0. The van der Waals surface area contributed by atoms with Crippen LogP contribution in [0.25, 0.3) is 0 Å². The van der Waals surface area contributed by atoms with Crippen LogP contribution in [0, 0.1) is 0 Å². The Morgan fingerprint density at radius 2 is 1.25 bits per heavy atom. The van der Waals surface area contributed by atoms with E-state index in [1.54, 1.807) is 0 Å². The molecular weight excluding hydrogens is 250 g/mol. The van der Waals surface area contributed by atoms with Crippen LogP contribution in [0.5, 0.6) is 0 Å². The second kappa shape index (κ2) is 4.95. The predicted molar refractivity (Wildman–Crippen MR) is 47.0 cm³/mol. The summed E-state index contributed by atoms with van der Waals surface area (Å²) in [5.74, 6) is 0. The molecule has 0 saturated carbocycles. The van der Waals surface area contributed by atoms with Gasteiger partial charge in [-0.2, -0.15) is 0 Å². The molecule has 0 aliphatic heterocycles. The topological polar surface area (TPSA) is 3.88 Å². The molecule has 92 valence electrons. The Bertz CT molecular complexity index is 303. The SMILES string of the molecule is CC[n+]1ccccc1.F[P-](F)(F)(F)(F)F.[H-].[Li+]. The van der Waals surface area contributed by atoms with Gasteiger partial charge in [-0.3, -0.25) is 0 Å². The van der Waals surface area contributed by atoms with Crippen molar-refractivity contribution in [2.45, 2.75) is 13.5 Å². The number of hydrogen-bond acceptors (Lipinski definition) is 0. The average molecular weight is 261 g/mol. The van der Waals surface area contributed by atoms with Gasteiger partial charge in [0.25, 0.3) is 0 Å². The van der Waals surface area contributed by atoms with Crippen LogP contribution in [0.2, 0.25) is 0 Å². The smallest absolute Gasteiger partial charge is 1.00 e. The van der Waals surface area contributed by atoms with Crippen molar-refractivity contribution >= 4 is 7.81 Å². The fraction of sp³-hybridized carbons (Fsp3) is 0.286. The van der Waals surface area contributed by atoms with E-state index in [-0.39, 0.29) is 20.3 Å². The first-order valence-electron chi connectivity index (χ1n) is 3.89. The van der Waals surface area contributed by atoms with Gasteiger partial charge in [0, 0.05) is 12.1 Å². The van der Waals surface area contributed by atoms with Crippen molar-refractivity contribution in [3.63, 3.8) is 0 Å². The number of rotatable bonds is 1. The first-order chi connectivity index (χ1) is 6.38. The van der Waals surface area contributed by atoms with Crippen LogP contribution in [-0.2, 0) is 6.54 Å². The molecule has 1 heterocycles. The Hall–Kier alpha value is -0.243. The van der Waals surface area contributed by atoms with Crippen molar-refractivity contribution < 1.29 is 50.0 Å². The summed E-state index contributed by atoms with van der Waals surface area (Å²) in [5.41, 5.74) is 0. The third-order valence-corrected chi connectivity index (χ3v) is 1.14. The van der Waals surface area contributed by atoms with E-state index in [0.717, 1.165) is 6.54 Å². The largest absolute Gasteiger partial charge is 1.00 e. The van der Waals surface area contributed by atoms with E-state index >= 15 is 0 Å². The van der Waals surface area contributed by atoms with E-state index < -0.39 is 7.81 Å². The van der Waals surface area contributed by atoms with Crippen LogP contribution in [-0.4, -0.2) is 0 Å². The molecule has 1 nitrogen and oxygen atoms in total. The molecule has 1 aromatic heterocycles. The summed E-state index contributed by atoms with van der Waals surface area (Å²) in [6.07, 6.45) is 4.11. The summed E-state index contributed by atoms with van der Waals surface area (Å²) in [6.45, 7) is 3.18. The van der Waals surface area contributed by atoms with Crippen molar-refractivity contribution in [3.05, 3.63) is 30.6 Å². The van der Waals surface area contributed by atoms with E-state index in [2.05, 4.69) is 23.9 Å². The molecule has 0 atom stereocenters. The second-order valence-electron chi connectivity index (χ2n) is 2.66. The van der Waals surface area contributed by atoms with Crippen molar-refractivity contribution in [1.82, 2.24) is 0 Å². The fourth-order valence-electron chi connectivity index (χ4n) is 0.645. The molecule has 1 aromatic rings. The van der Waals surface area contributed by atoms with Crippen LogP contribution in [0.3, 0.4) is 0 Å². The number of halogens is 6. The molecule has 0 saturated heterocycles. The Labute approximate surface area is 102 Å². The average Bonchev–Trinajstić information content (AvgIpc) is 2.00. The van der Waals surface area contributed by atoms with Crippen molar-refractivity contribution in [3.8, 4) is 0 Å². The molecule has 0 aliphatic rings. The van der Waals surface area contributed by atoms with E-state index in [9.17, 15) is 25.2 Å². The molecule has 0 N–H and O–H groups in total. The van der Waals surface area contributed by atoms with Crippen molar-refractivity contribution in [2.24, 2.45) is 0 Å². The number of pyridine rings is 1. The zero-order chi connectivity index (χ0) is 12.2. The van der Waals surface area contributed by atoms with Gasteiger partial charge in [-0.1, -0.05) is 6.07 Å². The van der Waals surface area contributed by atoms with Gasteiger partial charge in [-0.15, -0.1) is 0 Å². The predicted octanol–water partition coefficient (Wildman–Crippen LogP) is 1.49. The summed E-state index contributed by atoms with van der Waals surface area (Å²) >= 11 is 0. The maximum absolute atomic E-state index is 10.7. The number of nitrogens with zero attached hydrogens (tertiary/aromatic N) is 1. The van der Waals surface area contributed by atoms with Gasteiger partial charge in [0.1, 0.15) is 6.54 Å². The van der Waals surface area contributed by atoms with Gasteiger partial charge in [0.05, 0.1) is 0 Å². The molecule has 0 spiro atoms. The minimum atomic E-state index is -10.7. The molecule has 0 amide bonds. The molecule has 0 fully saturated rings. The first kappa shape index (κ1) is 18.1. The Balaban J connectivity index is -0.000000208. The molecule has 0 bridgehead atoms. The van der Waals surface area contributed by atoms with E-state index in [1.807, 2.05) is 18.2 Å². The normalized spacial score (nSPS) is 14.7. The minimum absolute atomic E-state index is 0. The van der Waals surface area contributed by atoms with Crippen LogP contribution in [0.4, 0.5) is 25.2 Å². The zero-order valence-corrected chi connectivity index (χ0v) is 9.65. The maximum Gasteiger partial charge on any atom is 1.00 e. The first-order valence-corrected chi connectivity index (χ1v) is 5.92. The summed E-state index contributed by atoms with van der Waals surface area (Å²) in [4.78, 5) is 0. The third kappa shape index (κ3) is 23.5. The van der Waals surface area contributed by atoms with Gasteiger partial charge in [0.15, 0.2) is 12.4 Å². The summed E-state index contributed by atoms with van der Waals surface area (Å²) in [5, 5.41) is 0. The van der Waals surface area contributed by atoms with Crippen LogP contribution < -0.4 is 23.4 Å². The van der Waals surface area contributed by atoms with Crippen molar-refractivity contribution in [1.29, 1.82) is 0 Å². The van der Waals surface area contributed by atoms with Gasteiger partial charge in [-0.05, 0) is 6.92 Å². The van der Waals surface area contributed by atoms with E-state index in [1.165, 1.54) is 0 Å². The van der Waals surface area contributed by atoms with Crippen LogP contribution in [0.15, 0.2) is 30.6 Å². The molecule has 16 heavy (non-hydrogen) atoms. The van der Waals surface area contributed by atoms with Crippen LogP contribution >= 0.6 is 7.81 Å². The van der Waals surface area contributed by atoms with Gasteiger partial charge >= 0.3 is 51.9 Å². The van der Waals surface area contributed by atoms with Gasteiger partial charge < -0.3 is 1.43 Å². The summed E-state index contributed by atoms with van der Waals surface area (Å²) < 4.78 is 61.3. The van der Waals surface area contributed by atoms with Gasteiger partial charge in [-0.25, -0.2) is 4.57 Å². The number of aromatic nitrogens is 1. The third-order valence-electron chi connectivity index (χ3n) is 1.14. The zero-order valence-electron chi connectivity index (χ0n) is 9.76. The maximum atomic E-state index is 9.87.